The van der Waals surface area contributed by atoms with Crippen LogP contribution in [0, 0.1) is 5.82 Å². The topological polar surface area (TPSA) is 33.1 Å². The predicted molar refractivity (Wildman–Crippen MR) is 48.8 cm³/mol. The summed E-state index contributed by atoms with van der Waals surface area (Å²) in [6, 6.07) is 1.42. The van der Waals surface area contributed by atoms with Crippen molar-refractivity contribution in [3.05, 3.63) is 29.3 Å². The largest absolute Gasteiger partial charge is 0.384 e. The highest BCUT2D eigenvalue weighted by Crippen LogP contribution is 2.20. The van der Waals surface area contributed by atoms with Crippen LogP contribution in [0.2, 0.25) is 0 Å². The summed E-state index contributed by atoms with van der Waals surface area (Å²) >= 11 is 0. The summed E-state index contributed by atoms with van der Waals surface area (Å²) in [5, 5.41) is 9.53. The Labute approximate surface area is 77.4 Å². The highest BCUT2D eigenvalue weighted by Gasteiger charge is 2.22. The molecule has 1 aromatic rings. The van der Waals surface area contributed by atoms with E-state index in [-0.39, 0.29) is 5.69 Å². The van der Waals surface area contributed by atoms with Crippen molar-refractivity contribution in [3.63, 3.8) is 0 Å². The van der Waals surface area contributed by atoms with Crippen LogP contribution in [0.3, 0.4) is 0 Å². The molecule has 1 aromatic heterocycles. The molecule has 0 aromatic carbocycles. The standard InChI is InChI=1S/C10H14FNO/c1-4-7-5-8(11)9(12-6-7)10(2,3)13/h5-6,13H,4H2,1-3H3. The Morgan fingerprint density at radius 2 is 2.15 bits per heavy atom. The van der Waals surface area contributed by atoms with Crippen LogP contribution in [0.4, 0.5) is 4.39 Å². The summed E-state index contributed by atoms with van der Waals surface area (Å²) in [6.45, 7) is 4.97. The van der Waals surface area contributed by atoms with Crippen LogP contribution in [-0.2, 0) is 12.0 Å². The summed E-state index contributed by atoms with van der Waals surface area (Å²) in [5.41, 5.74) is -0.272. The molecule has 0 fully saturated rings. The number of rotatable bonds is 2. The van der Waals surface area contributed by atoms with Crippen LogP contribution >= 0.6 is 0 Å². The molecular weight excluding hydrogens is 169 g/mol. The fourth-order valence-electron chi connectivity index (χ4n) is 1.12. The van der Waals surface area contributed by atoms with E-state index in [0.717, 1.165) is 12.0 Å². The Morgan fingerprint density at radius 3 is 2.54 bits per heavy atom. The lowest BCUT2D eigenvalue weighted by Gasteiger charge is -2.17. The van der Waals surface area contributed by atoms with Crippen LogP contribution in [-0.4, -0.2) is 10.1 Å². The van der Waals surface area contributed by atoms with E-state index < -0.39 is 11.4 Å². The van der Waals surface area contributed by atoms with Gasteiger partial charge in [0, 0.05) is 6.20 Å². The van der Waals surface area contributed by atoms with Crippen molar-refractivity contribution in [1.82, 2.24) is 4.98 Å². The Balaban J connectivity index is 3.13. The van der Waals surface area contributed by atoms with E-state index in [1.54, 1.807) is 6.20 Å². The Kier molecular flexibility index (Phi) is 2.66. The van der Waals surface area contributed by atoms with E-state index in [4.69, 9.17) is 0 Å². The van der Waals surface area contributed by atoms with Gasteiger partial charge in [0.2, 0.25) is 0 Å². The smallest absolute Gasteiger partial charge is 0.147 e. The van der Waals surface area contributed by atoms with Crippen LogP contribution in [0.15, 0.2) is 12.3 Å². The normalized spacial score (nSPS) is 11.8. The molecule has 13 heavy (non-hydrogen) atoms. The molecule has 0 atom stereocenters. The van der Waals surface area contributed by atoms with E-state index in [2.05, 4.69) is 4.98 Å². The summed E-state index contributed by atoms with van der Waals surface area (Å²) < 4.78 is 13.3. The fraction of sp³-hybridized carbons (Fsp3) is 0.500. The summed E-state index contributed by atoms with van der Waals surface area (Å²) in [6.07, 6.45) is 2.34. The third-order valence-electron chi connectivity index (χ3n) is 1.89. The minimum atomic E-state index is -1.21. The van der Waals surface area contributed by atoms with Crippen molar-refractivity contribution >= 4 is 0 Å². The van der Waals surface area contributed by atoms with Crippen molar-refractivity contribution in [1.29, 1.82) is 0 Å². The average Bonchev–Trinajstić information content (AvgIpc) is 2.01. The van der Waals surface area contributed by atoms with E-state index >= 15 is 0 Å². The maximum atomic E-state index is 13.3. The van der Waals surface area contributed by atoms with Gasteiger partial charge in [-0.05, 0) is 31.9 Å². The lowest BCUT2D eigenvalue weighted by atomic mass is 10.0. The predicted octanol–water partition coefficient (Wildman–Crippen LogP) is 2.01. The first-order chi connectivity index (χ1) is 5.95. The zero-order chi connectivity index (χ0) is 10.1. The molecule has 0 aliphatic rings. The van der Waals surface area contributed by atoms with Gasteiger partial charge in [0.05, 0.1) is 0 Å². The molecule has 2 nitrogen and oxygen atoms in total. The van der Waals surface area contributed by atoms with Gasteiger partial charge in [0.25, 0.3) is 0 Å². The molecule has 0 bridgehead atoms. The van der Waals surface area contributed by atoms with Crippen LogP contribution in [0.5, 0.6) is 0 Å². The van der Waals surface area contributed by atoms with Crippen molar-refractivity contribution < 1.29 is 9.50 Å². The lowest BCUT2D eigenvalue weighted by molar-refractivity contribution is 0.0694. The van der Waals surface area contributed by atoms with Crippen molar-refractivity contribution in [2.45, 2.75) is 32.8 Å². The monoisotopic (exact) mass is 183 g/mol. The Bertz CT molecular complexity index is 304. The summed E-state index contributed by atoms with van der Waals surface area (Å²) in [4.78, 5) is 3.90. The van der Waals surface area contributed by atoms with Gasteiger partial charge in [-0.25, -0.2) is 4.39 Å². The highest BCUT2D eigenvalue weighted by molar-refractivity contribution is 5.19. The molecule has 0 saturated heterocycles. The highest BCUT2D eigenvalue weighted by atomic mass is 19.1. The van der Waals surface area contributed by atoms with Gasteiger partial charge < -0.3 is 5.11 Å². The quantitative estimate of drug-likeness (QED) is 0.760. The number of aromatic nitrogens is 1. The van der Waals surface area contributed by atoms with E-state index in [1.165, 1.54) is 19.9 Å². The molecule has 0 amide bonds. The molecule has 1 N–H and O–H groups in total. The summed E-state index contributed by atoms with van der Waals surface area (Å²) in [7, 11) is 0. The Hall–Kier alpha value is -0.960. The van der Waals surface area contributed by atoms with Gasteiger partial charge >= 0.3 is 0 Å². The molecule has 1 rings (SSSR count). The van der Waals surface area contributed by atoms with Crippen LogP contribution in [0.25, 0.3) is 0 Å². The number of halogens is 1. The second-order valence-corrected chi connectivity index (χ2v) is 3.59. The third-order valence-corrected chi connectivity index (χ3v) is 1.89. The van der Waals surface area contributed by atoms with Gasteiger partial charge in [-0.1, -0.05) is 6.92 Å². The molecule has 0 spiro atoms. The second-order valence-electron chi connectivity index (χ2n) is 3.59. The lowest BCUT2D eigenvalue weighted by Crippen LogP contribution is -2.19. The van der Waals surface area contributed by atoms with Crippen molar-refractivity contribution in [2.24, 2.45) is 0 Å². The molecule has 72 valence electrons. The summed E-state index contributed by atoms with van der Waals surface area (Å²) in [5.74, 6) is -0.438. The first kappa shape index (κ1) is 10.1. The maximum absolute atomic E-state index is 13.3. The number of aliphatic hydroxyl groups is 1. The van der Waals surface area contributed by atoms with Gasteiger partial charge in [-0.15, -0.1) is 0 Å². The average molecular weight is 183 g/mol. The molecule has 0 saturated carbocycles. The van der Waals surface area contributed by atoms with Crippen LogP contribution in [0.1, 0.15) is 32.0 Å². The van der Waals surface area contributed by atoms with E-state index in [1.807, 2.05) is 6.92 Å². The second kappa shape index (κ2) is 3.42. The molecule has 0 aliphatic heterocycles. The number of pyridine rings is 1. The molecule has 0 unspecified atom stereocenters. The first-order valence-corrected chi connectivity index (χ1v) is 4.32. The fourth-order valence-corrected chi connectivity index (χ4v) is 1.12. The van der Waals surface area contributed by atoms with Crippen LogP contribution < -0.4 is 0 Å². The van der Waals surface area contributed by atoms with Crippen molar-refractivity contribution in [3.8, 4) is 0 Å². The van der Waals surface area contributed by atoms with Crippen molar-refractivity contribution in [2.75, 3.05) is 0 Å². The molecule has 3 heteroatoms. The van der Waals surface area contributed by atoms with E-state index in [0.29, 0.717) is 0 Å². The molecular formula is C10H14FNO. The molecule has 0 radical (unpaired) electrons. The SMILES string of the molecule is CCc1cnc(C(C)(C)O)c(F)c1. The van der Waals surface area contributed by atoms with Gasteiger partial charge in [-0.2, -0.15) is 0 Å². The number of aryl methyl sites for hydroxylation is 1. The molecule has 0 aliphatic carbocycles. The minimum Gasteiger partial charge on any atom is -0.384 e. The maximum Gasteiger partial charge on any atom is 0.147 e. The first-order valence-electron chi connectivity index (χ1n) is 4.32. The minimum absolute atomic E-state index is 0.102. The third kappa shape index (κ3) is 2.25. The van der Waals surface area contributed by atoms with Gasteiger partial charge in [0.1, 0.15) is 17.1 Å². The zero-order valence-electron chi connectivity index (χ0n) is 8.13. The molecule has 1 heterocycles. The number of nitrogens with zero attached hydrogens (tertiary/aromatic N) is 1. The number of hydrogen-bond donors (Lipinski definition) is 1. The van der Waals surface area contributed by atoms with Gasteiger partial charge in [0.15, 0.2) is 0 Å². The zero-order valence-corrected chi connectivity index (χ0v) is 8.13. The van der Waals surface area contributed by atoms with Gasteiger partial charge in [-0.3, -0.25) is 4.98 Å². The number of hydrogen-bond acceptors (Lipinski definition) is 2. The Morgan fingerprint density at radius 1 is 1.54 bits per heavy atom. The van der Waals surface area contributed by atoms with E-state index in [9.17, 15) is 9.50 Å².